The first-order valence-electron chi connectivity index (χ1n) is 6.38. The third kappa shape index (κ3) is 3.69. The maximum atomic E-state index is 3.71. The second kappa shape index (κ2) is 7.22. The van der Waals surface area contributed by atoms with Crippen molar-refractivity contribution >= 4 is 39.5 Å². The van der Waals surface area contributed by atoms with E-state index in [-0.39, 0.29) is 0 Å². The zero-order valence-corrected chi connectivity index (χ0v) is 14.2. The van der Waals surface area contributed by atoms with E-state index in [2.05, 4.69) is 45.9 Å². The fourth-order valence-corrected chi connectivity index (χ4v) is 5.17. The van der Waals surface area contributed by atoms with Gasteiger partial charge in [-0.3, -0.25) is 0 Å². The van der Waals surface area contributed by atoms with Crippen molar-refractivity contribution in [3.8, 4) is 0 Å². The molecule has 0 aliphatic carbocycles. The molecule has 1 aromatic carbocycles. The highest BCUT2D eigenvalue weighted by Gasteiger charge is 2.15. The van der Waals surface area contributed by atoms with Gasteiger partial charge in [-0.2, -0.15) is 0 Å². The first kappa shape index (κ1) is 14.8. The van der Waals surface area contributed by atoms with Crippen LogP contribution < -0.4 is 5.32 Å². The lowest BCUT2D eigenvalue weighted by molar-refractivity contribution is 0.399. The highest BCUT2D eigenvalue weighted by atomic mass is 79.9. The van der Waals surface area contributed by atoms with Crippen LogP contribution in [-0.2, 0) is 6.42 Å². The minimum atomic E-state index is 0.667. The molecule has 1 unspecified atom stereocenters. The summed E-state index contributed by atoms with van der Waals surface area (Å²) in [6, 6.07) is 5.32. The fourth-order valence-electron chi connectivity index (χ4n) is 2.47. The number of rotatable bonds is 4. The average Bonchev–Trinajstić information content (AvgIpc) is 2.39. The molecule has 0 saturated carbocycles. The van der Waals surface area contributed by atoms with Crippen LogP contribution in [0.1, 0.15) is 24.8 Å². The SMILES string of the molecule is CSc1cc(CC2CCCCN2)cc(Br)c1SC. The standard InChI is InChI=1S/C14H20BrNS2/c1-17-13-9-10(8-12(15)14(13)18-2)7-11-5-3-4-6-16-11/h8-9,11,16H,3-7H2,1-2H3. The van der Waals surface area contributed by atoms with Crippen molar-refractivity contribution in [3.63, 3.8) is 0 Å². The Hall–Kier alpha value is 0.360. The molecule has 0 aromatic heterocycles. The van der Waals surface area contributed by atoms with Gasteiger partial charge in [0.15, 0.2) is 0 Å². The molecular weight excluding hydrogens is 326 g/mol. The molecule has 1 nitrogen and oxygen atoms in total. The number of hydrogen-bond donors (Lipinski definition) is 1. The number of piperidine rings is 1. The third-order valence-corrected chi connectivity index (χ3v) is 6.01. The van der Waals surface area contributed by atoms with Crippen LogP contribution in [0, 0.1) is 0 Å². The molecule has 0 bridgehead atoms. The maximum absolute atomic E-state index is 3.71. The van der Waals surface area contributed by atoms with E-state index in [9.17, 15) is 0 Å². The lowest BCUT2D eigenvalue weighted by Gasteiger charge is -2.24. The van der Waals surface area contributed by atoms with Crippen LogP contribution in [0.4, 0.5) is 0 Å². The summed E-state index contributed by atoms with van der Waals surface area (Å²) in [6.45, 7) is 1.18. The Balaban J connectivity index is 2.15. The van der Waals surface area contributed by atoms with Crippen LogP contribution >= 0.6 is 39.5 Å². The van der Waals surface area contributed by atoms with Gasteiger partial charge in [0, 0.05) is 20.3 Å². The molecule has 1 atom stereocenters. The zero-order chi connectivity index (χ0) is 13.0. The van der Waals surface area contributed by atoms with Gasteiger partial charge in [0.25, 0.3) is 0 Å². The van der Waals surface area contributed by atoms with Crippen molar-refractivity contribution < 1.29 is 0 Å². The smallest absolute Gasteiger partial charge is 0.0348 e. The van der Waals surface area contributed by atoms with Crippen LogP contribution in [0.15, 0.2) is 26.4 Å². The van der Waals surface area contributed by atoms with Crippen molar-refractivity contribution in [2.45, 2.75) is 41.5 Å². The van der Waals surface area contributed by atoms with E-state index in [1.807, 2.05) is 23.5 Å². The Bertz CT molecular complexity index is 403. The quantitative estimate of drug-likeness (QED) is 0.802. The van der Waals surface area contributed by atoms with Gasteiger partial charge in [-0.15, -0.1) is 23.5 Å². The second-order valence-corrected chi connectivity index (χ2v) is 7.18. The van der Waals surface area contributed by atoms with Gasteiger partial charge in [-0.05, 0) is 71.9 Å². The fraction of sp³-hybridized carbons (Fsp3) is 0.571. The zero-order valence-electron chi connectivity index (χ0n) is 11.0. The normalized spacial score (nSPS) is 20.1. The summed E-state index contributed by atoms with van der Waals surface area (Å²) in [5, 5.41) is 3.63. The van der Waals surface area contributed by atoms with Crippen LogP contribution in [0.5, 0.6) is 0 Å². The first-order chi connectivity index (χ1) is 8.74. The molecule has 18 heavy (non-hydrogen) atoms. The molecule has 2 rings (SSSR count). The van der Waals surface area contributed by atoms with E-state index in [4.69, 9.17) is 0 Å². The molecule has 1 aliphatic heterocycles. The summed E-state index contributed by atoms with van der Waals surface area (Å²) in [5.74, 6) is 0. The van der Waals surface area contributed by atoms with Crippen LogP contribution in [0.2, 0.25) is 0 Å². The Morgan fingerprint density at radius 2 is 2.11 bits per heavy atom. The Morgan fingerprint density at radius 3 is 2.72 bits per heavy atom. The summed E-state index contributed by atoms with van der Waals surface area (Å²) in [5.41, 5.74) is 1.45. The maximum Gasteiger partial charge on any atom is 0.0348 e. The molecule has 1 fully saturated rings. The molecule has 0 spiro atoms. The van der Waals surface area contributed by atoms with Gasteiger partial charge in [-0.25, -0.2) is 0 Å². The van der Waals surface area contributed by atoms with Crippen molar-refractivity contribution in [1.82, 2.24) is 5.32 Å². The van der Waals surface area contributed by atoms with Gasteiger partial charge < -0.3 is 5.32 Å². The molecule has 4 heteroatoms. The van der Waals surface area contributed by atoms with E-state index in [1.54, 1.807) is 0 Å². The number of nitrogens with one attached hydrogen (secondary N) is 1. The summed E-state index contributed by atoms with van der Waals surface area (Å²) >= 11 is 7.37. The Labute approximate surface area is 127 Å². The summed E-state index contributed by atoms with van der Waals surface area (Å²) < 4.78 is 1.24. The van der Waals surface area contributed by atoms with E-state index in [0.29, 0.717) is 6.04 Å². The summed E-state index contributed by atoms with van der Waals surface area (Å²) in [7, 11) is 0. The number of thioether (sulfide) groups is 2. The number of benzene rings is 1. The van der Waals surface area contributed by atoms with E-state index in [1.165, 1.54) is 45.6 Å². The highest BCUT2D eigenvalue weighted by molar-refractivity contribution is 9.10. The van der Waals surface area contributed by atoms with E-state index < -0.39 is 0 Å². The minimum absolute atomic E-state index is 0.667. The monoisotopic (exact) mass is 345 g/mol. The van der Waals surface area contributed by atoms with Gasteiger partial charge in [0.05, 0.1) is 0 Å². The molecule has 1 heterocycles. The minimum Gasteiger partial charge on any atom is -0.314 e. The predicted molar refractivity (Wildman–Crippen MR) is 87.0 cm³/mol. The highest BCUT2D eigenvalue weighted by Crippen LogP contribution is 2.36. The van der Waals surface area contributed by atoms with E-state index >= 15 is 0 Å². The predicted octanol–water partition coefficient (Wildman–Crippen LogP) is 4.58. The summed E-state index contributed by atoms with van der Waals surface area (Å²) in [4.78, 5) is 2.76. The molecule has 1 N–H and O–H groups in total. The number of halogens is 1. The number of hydrogen-bond acceptors (Lipinski definition) is 3. The van der Waals surface area contributed by atoms with Gasteiger partial charge in [-0.1, -0.05) is 6.42 Å². The molecule has 1 saturated heterocycles. The topological polar surface area (TPSA) is 12.0 Å². The molecule has 1 aromatic rings. The lowest BCUT2D eigenvalue weighted by Crippen LogP contribution is -2.35. The van der Waals surface area contributed by atoms with Gasteiger partial charge >= 0.3 is 0 Å². The summed E-state index contributed by atoms with van der Waals surface area (Å²) in [6.07, 6.45) is 9.47. The van der Waals surface area contributed by atoms with Crippen molar-refractivity contribution in [2.24, 2.45) is 0 Å². The van der Waals surface area contributed by atoms with Crippen molar-refractivity contribution in [3.05, 3.63) is 22.2 Å². The largest absolute Gasteiger partial charge is 0.314 e. The van der Waals surface area contributed by atoms with Crippen LogP contribution in [0.25, 0.3) is 0 Å². The van der Waals surface area contributed by atoms with E-state index in [0.717, 1.165) is 6.42 Å². The lowest BCUT2D eigenvalue weighted by atomic mass is 9.98. The Morgan fingerprint density at radius 1 is 1.28 bits per heavy atom. The Kier molecular flexibility index (Phi) is 5.93. The molecular formula is C14H20BrNS2. The molecule has 100 valence electrons. The first-order valence-corrected chi connectivity index (χ1v) is 9.62. The van der Waals surface area contributed by atoms with Gasteiger partial charge in [0.1, 0.15) is 0 Å². The van der Waals surface area contributed by atoms with Crippen LogP contribution in [0.3, 0.4) is 0 Å². The molecule has 0 radical (unpaired) electrons. The van der Waals surface area contributed by atoms with Crippen molar-refractivity contribution in [1.29, 1.82) is 0 Å². The third-order valence-electron chi connectivity index (χ3n) is 3.39. The van der Waals surface area contributed by atoms with Gasteiger partial charge in [0.2, 0.25) is 0 Å². The average molecular weight is 346 g/mol. The van der Waals surface area contributed by atoms with Crippen LogP contribution in [-0.4, -0.2) is 25.1 Å². The molecule has 1 aliphatic rings. The molecule has 0 amide bonds. The second-order valence-electron chi connectivity index (χ2n) is 4.66. The van der Waals surface area contributed by atoms with Crippen molar-refractivity contribution in [2.75, 3.05) is 19.1 Å².